The maximum Gasteiger partial charge on any atom is 0.317 e. The van der Waals surface area contributed by atoms with Crippen LogP contribution in [0.2, 0.25) is 0 Å². The highest BCUT2D eigenvalue weighted by Gasteiger charge is 2.29. The second-order valence-corrected chi connectivity index (χ2v) is 7.20. The van der Waals surface area contributed by atoms with E-state index in [4.69, 9.17) is 0 Å². The van der Waals surface area contributed by atoms with Crippen LogP contribution in [0.5, 0.6) is 0 Å². The molecule has 4 nitrogen and oxygen atoms in total. The first-order valence-electron chi connectivity index (χ1n) is 8.43. The molecule has 0 saturated carbocycles. The van der Waals surface area contributed by atoms with E-state index in [0.29, 0.717) is 24.6 Å². The number of rotatable bonds is 5. The summed E-state index contributed by atoms with van der Waals surface area (Å²) in [5.41, 5.74) is 0.323. The fourth-order valence-corrected chi connectivity index (χ4v) is 3.26. The normalized spacial score (nSPS) is 19.2. The minimum absolute atomic E-state index is 0.00548. The Morgan fingerprint density at radius 1 is 1.38 bits per heavy atom. The number of hydrogen-bond acceptors (Lipinski definition) is 2. The summed E-state index contributed by atoms with van der Waals surface area (Å²) < 4.78 is 27.2. The molecule has 1 saturated heterocycles. The van der Waals surface area contributed by atoms with E-state index in [2.05, 4.69) is 10.2 Å². The van der Waals surface area contributed by atoms with Gasteiger partial charge in [0.1, 0.15) is 11.6 Å². The number of carbonyl (C=O) groups is 1. The molecule has 0 bridgehead atoms. The maximum absolute atomic E-state index is 14.1. The van der Waals surface area contributed by atoms with Gasteiger partial charge in [0.25, 0.3) is 0 Å². The topological polar surface area (TPSA) is 35.6 Å². The van der Waals surface area contributed by atoms with Gasteiger partial charge in [-0.1, -0.05) is 19.9 Å². The van der Waals surface area contributed by atoms with Crippen molar-refractivity contribution in [2.24, 2.45) is 11.8 Å². The van der Waals surface area contributed by atoms with Crippen LogP contribution < -0.4 is 5.32 Å². The Bertz CT molecular complexity index is 577. The molecule has 0 spiro atoms. The van der Waals surface area contributed by atoms with Crippen LogP contribution in [0.15, 0.2) is 18.2 Å². The first-order valence-corrected chi connectivity index (χ1v) is 8.43. The van der Waals surface area contributed by atoms with E-state index in [1.165, 1.54) is 12.1 Å². The molecule has 2 rings (SSSR count). The molecule has 0 unspecified atom stereocenters. The summed E-state index contributed by atoms with van der Waals surface area (Å²) in [6.07, 6.45) is 0.975. The van der Waals surface area contributed by atoms with Crippen molar-refractivity contribution in [1.82, 2.24) is 15.1 Å². The van der Waals surface area contributed by atoms with Crippen molar-refractivity contribution in [2.45, 2.75) is 26.3 Å². The van der Waals surface area contributed by atoms with Crippen molar-refractivity contribution in [3.05, 3.63) is 35.4 Å². The van der Waals surface area contributed by atoms with E-state index in [1.807, 2.05) is 27.9 Å². The Labute approximate surface area is 142 Å². The third-order valence-electron chi connectivity index (χ3n) is 4.44. The van der Waals surface area contributed by atoms with Gasteiger partial charge in [0.15, 0.2) is 0 Å². The number of amides is 2. The highest BCUT2D eigenvalue weighted by molar-refractivity contribution is 5.75. The number of benzene rings is 1. The van der Waals surface area contributed by atoms with Gasteiger partial charge in [0.05, 0.1) is 6.04 Å². The van der Waals surface area contributed by atoms with Gasteiger partial charge in [-0.25, -0.2) is 13.6 Å². The highest BCUT2D eigenvalue weighted by Crippen LogP contribution is 2.26. The Morgan fingerprint density at radius 2 is 2.08 bits per heavy atom. The minimum atomic E-state index is -0.624. The van der Waals surface area contributed by atoms with E-state index in [9.17, 15) is 13.6 Å². The SMILES string of the molecule is CC(C)[C@H](NC(=O)N1CC[C@@H](CN(C)C)C1)c1ccc(F)cc1F. The number of nitrogens with zero attached hydrogens (tertiary/aromatic N) is 2. The monoisotopic (exact) mass is 339 g/mol. The minimum Gasteiger partial charge on any atom is -0.331 e. The number of hydrogen-bond donors (Lipinski definition) is 1. The molecule has 1 heterocycles. The Morgan fingerprint density at radius 3 is 2.67 bits per heavy atom. The van der Waals surface area contributed by atoms with Crippen molar-refractivity contribution >= 4 is 6.03 Å². The average molecular weight is 339 g/mol. The van der Waals surface area contributed by atoms with Crippen molar-refractivity contribution in [3.63, 3.8) is 0 Å². The quantitative estimate of drug-likeness (QED) is 0.894. The van der Waals surface area contributed by atoms with Crippen LogP contribution in [0.1, 0.15) is 31.9 Å². The van der Waals surface area contributed by atoms with Crippen molar-refractivity contribution in [1.29, 1.82) is 0 Å². The van der Waals surface area contributed by atoms with E-state index >= 15 is 0 Å². The number of carbonyl (C=O) groups excluding carboxylic acids is 1. The third-order valence-corrected chi connectivity index (χ3v) is 4.44. The molecule has 1 N–H and O–H groups in total. The largest absolute Gasteiger partial charge is 0.331 e. The highest BCUT2D eigenvalue weighted by atomic mass is 19.1. The predicted molar refractivity (Wildman–Crippen MR) is 90.7 cm³/mol. The maximum atomic E-state index is 14.1. The molecule has 2 atom stereocenters. The van der Waals surface area contributed by atoms with Gasteiger partial charge in [-0.15, -0.1) is 0 Å². The van der Waals surface area contributed by atoms with Gasteiger partial charge in [-0.05, 0) is 38.4 Å². The standard InChI is InChI=1S/C18H27F2N3O/c1-12(2)17(15-6-5-14(19)9-16(15)20)21-18(24)23-8-7-13(11-23)10-22(3)4/h5-6,9,12-13,17H,7-8,10-11H2,1-4H3,(H,21,24)/t13-,17-/m0/s1. The zero-order chi connectivity index (χ0) is 17.9. The van der Waals surface area contributed by atoms with E-state index in [1.54, 1.807) is 4.90 Å². The average Bonchev–Trinajstić information content (AvgIpc) is 2.92. The molecule has 1 aliphatic heterocycles. The molecule has 0 aliphatic carbocycles. The lowest BCUT2D eigenvalue weighted by Gasteiger charge is -2.27. The molecule has 1 fully saturated rings. The molecular weight excluding hydrogens is 312 g/mol. The zero-order valence-corrected chi connectivity index (χ0v) is 14.9. The van der Waals surface area contributed by atoms with Crippen LogP contribution in [-0.2, 0) is 0 Å². The van der Waals surface area contributed by atoms with E-state index in [-0.39, 0.29) is 11.9 Å². The Hall–Kier alpha value is -1.69. The fourth-order valence-electron chi connectivity index (χ4n) is 3.26. The zero-order valence-electron chi connectivity index (χ0n) is 14.9. The lowest BCUT2D eigenvalue weighted by molar-refractivity contribution is 0.197. The van der Waals surface area contributed by atoms with Crippen LogP contribution in [0.25, 0.3) is 0 Å². The van der Waals surface area contributed by atoms with E-state index in [0.717, 1.165) is 19.0 Å². The van der Waals surface area contributed by atoms with Gasteiger partial charge in [-0.2, -0.15) is 0 Å². The lowest BCUT2D eigenvalue weighted by Crippen LogP contribution is -2.42. The van der Waals surface area contributed by atoms with E-state index < -0.39 is 17.7 Å². The van der Waals surface area contributed by atoms with Gasteiger partial charge < -0.3 is 15.1 Å². The molecular formula is C18H27F2N3O. The van der Waals surface area contributed by atoms with Gasteiger partial charge in [0, 0.05) is 31.3 Å². The van der Waals surface area contributed by atoms with Crippen LogP contribution in [0.3, 0.4) is 0 Å². The summed E-state index contributed by atoms with van der Waals surface area (Å²) in [5, 5.41) is 2.92. The molecule has 1 aliphatic rings. The van der Waals surface area contributed by atoms with Gasteiger partial charge in [0.2, 0.25) is 0 Å². The van der Waals surface area contributed by atoms with Crippen molar-refractivity contribution < 1.29 is 13.6 Å². The lowest BCUT2D eigenvalue weighted by atomic mass is 9.95. The molecule has 1 aromatic rings. The van der Waals surface area contributed by atoms with Crippen molar-refractivity contribution in [3.8, 4) is 0 Å². The Balaban J connectivity index is 2.04. The summed E-state index contributed by atoms with van der Waals surface area (Å²) in [6, 6.07) is 2.83. The molecule has 24 heavy (non-hydrogen) atoms. The van der Waals surface area contributed by atoms with Crippen LogP contribution >= 0.6 is 0 Å². The number of halogens is 2. The number of urea groups is 1. The number of nitrogens with one attached hydrogen (secondary N) is 1. The summed E-state index contributed by atoms with van der Waals surface area (Å²) in [4.78, 5) is 16.5. The van der Waals surface area contributed by atoms with Crippen LogP contribution in [0.4, 0.5) is 13.6 Å². The summed E-state index contributed by atoms with van der Waals surface area (Å²) in [5.74, 6) is -0.781. The molecule has 134 valence electrons. The first-order chi connectivity index (χ1) is 11.3. The second kappa shape index (κ2) is 7.92. The summed E-state index contributed by atoms with van der Waals surface area (Å²) in [7, 11) is 4.05. The summed E-state index contributed by atoms with van der Waals surface area (Å²) in [6.45, 7) is 6.19. The van der Waals surface area contributed by atoms with Crippen molar-refractivity contribution in [2.75, 3.05) is 33.7 Å². The van der Waals surface area contributed by atoms with Crippen LogP contribution in [-0.4, -0.2) is 49.6 Å². The second-order valence-electron chi connectivity index (χ2n) is 7.20. The molecule has 6 heteroatoms. The first kappa shape index (κ1) is 18.6. The molecule has 0 radical (unpaired) electrons. The fraction of sp³-hybridized carbons (Fsp3) is 0.611. The smallest absolute Gasteiger partial charge is 0.317 e. The Kier molecular flexibility index (Phi) is 6.15. The molecule has 2 amide bonds. The third kappa shape index (κ3) is 4.66. The van der Waals surface area contributed by atoms with Gasteiger partial charge in [-0.3, -0.25) is 0 Å². The number of likely N-dealkylation sites (tertiary alicyclic amines) is 1. The molecule has 0 aromatic heterocycles. The summed E-state index contributed by atoms with van der Waals surface area (Å²) >= 11 is 0. The van der Waals surface area contributed by atoms with Gasteiger partial charge >= 0.3 is 6.03 Å². The van der Waals surface area contributed by atoms with Crippen LogP contribution in [0, 0.1) is 23.5 Å². The molecule has 1 aromatic carbocycles. The predicted octanol–water partition coefficient (Wildman–Crippen LogP) is 3.26.